The van der Waals surface area contributed by atoms with Crippen LogP contribution in [-0.2, 0) is 21.1 Å². The molecule has 0 aliphatic carbocycles. The smallest absolute Gasteiger partial charge is 0.242 e. The van der Waals surface area contributed by atoms with Gasteiger partial charge in [-0.25, -0.2) is 8.42 Å². The molecule has 6 heteroatoms. The van der Waals surface area contributed by atoms with Gasteiger partial charge >= 0.3 is 0 Å². The SMILES string of the molecule is CCCS(=O)(=O)C(C)C(=O)Nc1ccc(N2CCc3ccccc32)cc1. The molecule has 0 aromatic heterocycles. The third-order valence-corrected chi connectivity index (χ3v) is 7.00. The molecule has 1 heterocycles. The van der Waals surface area contributed by atoms with Gasteiger partial charge in [-0.1, -0.05) is 25.1 Å². The largest absolute Gasteiger partial charge is 0.341 e. The number of carbonyl (C=O) groups excluding carboxylic acids is 1. The van der Waals surface area contributed by atoms with E-state index in [9.17, 15) is 13.2 Å². The number of benzene rings is 2. The van der Waals surface area contributed by atoms with Crippen LogP contribution in [0.4, 0.5) is 17.1 Å². The summed E-state index contributed by atoms with van der Waals surface area (Å²) in [6.45, 7) is 4.16. The third-order valence-electron chi connectivity index (χ3n) is 4.73. The van der Waals surface area contributed by atoms with E-state index >= 15 is 0 Å². The van der Waals surface area contributed by atoms with E-state index in [0.717, 1.165) is 18.7 Å². The molecule has 138 valence electrons. The highest BCUT2D eigenvalue weighted by Gasteiger charge is 2.27. The first-order valence-electron chi connectivity index (χ1n) is 8.90. The summed E-state index contributed by atoms with van der Waals surface area (Å²) in [7, 11) is -3.40. The standard InChI is InChI=1S/C20H24N2O3S/c1-3-14-26(24,25)15(2)20(23)21-17-8-10-18(11-9-17)22-13-12-16-6-4-5-7-19(16)22/h4-11,15H,3,12-14H2,1-2H3,(H,21,23). The normalized spacial score (nSPS) is 14.8. The zero-order chi connectivity index (χ0) is 18.7. The molecular weight excluding hydrogens is 348 g/mol. The molecule has 0 saturated heterocycles. The first-order valence-corrected chi connectivity index (χ1v) is 10.6. The Labute approximate surface area is 154 Å². The summed E-state index contributed by atoms with van der Waals surface area (Å²) >= 11 is 0. The Kier molecular flexibility index (Phi) is 5.32. The highest BCUT2D eigenvalue weighted by Crippen LogP contribution is 2.34. The van der Waals surface area contributed by atoms with E-state index < -0.39 is 21.0 Å². The molecule has 0 saturated carbocycles. The fourth-order valence-corrected chi connectivity index (χ4v) is 4.51. The van der Waals surface area contributed by atoms with Crippen molar-refractivity contribution < 1.29 is 13.2 Å². The number of hydrogen-bond acceptors (Lipinski definition) is 4. The Morgan fingerprint density at radius 1 is 1.15 bits per heavy atom. The molecule has 1 N–H and O–H groups in total. The van der Waals surface area contributed by atoms with Gasteiger partial charge in [0.2, 0.25) is 5.91 Å². The van der Waals surface area contributed by atoms with Crippen LogP contribution in [0.1, 0.15) is 25.8 Å². The monoisotopic (exact) mass is 372 g/mol. The minimum Gasteiger partial charge on any atom is -0.341 e. The van der Waals surface area contributed by atoms with Gasteiger partial charge in [0.1, 0.15) is 5.25 Å². The second kappa shape index (κ2) is 7.50. The Balaban J connectivity index is 1.70. The van der Waals surface area contributed by atoms with E-state index in [-0.39, 0.29) is 5.75 Å². The van der Waals surface area contributed by atoms with Crippen LogP contribution < -0.4 is 10.2 Å². The molecule has 1 aliphatic heterocycles. The Morgan fingerprint density at radius 3 is 2.54 bits per heavy atom. The highest BCUT2D eigenvalue weighted by atomic mass is 32.2. The van der Waals surface area contributed by atoms with Gasteiger partial charge in [-0.05, 0) is 55.7 Å². The lowest BCUT2D eigenvalue weighted by atomic mass is 10.2. The zero-order valence-electron chi connectivity index (χ0n) is 15.1. The topological polar surface area (TPSA) is 66.5 Å². The maximum Gasteiger partial charge on any atom is 0.242 e. The van der Waals surface area contributed by atoms with E-state index in [0.29, 0.717) is 12.1 Å². The van der Waals surface area contributed by atoms with Crippen molar-refractivity contribution in [2.45, 2.75) is 31.9 Å². The number of nitrogens with zero attached hydrogens (tertiary/aromatic N) is 1. The van der Waals surface area contributed by atoms with Gasteiger partial charge in [-0.15, -0.1) is 0 Å². The number of sulfone groups is 1. The van der Waals surface area contributed by atoms with Crippen LogP contribution in [0.5, 0.6) is 0 Å². The van der Waals surface area contributed by atoms with Crippen molar-refractivity contribution in [3.05, 3.63) is 54.1 Å². The number of rotatable bonds is 6. The van der Waals surface area contributed by atoms with Gasteiger partial charge in [0, 0.05) is 23.6 Å². The van der Waals surface area contributed by atoms with E-state index in [1.165, 1.54) is 18.2 Å². The molecule has 2 aromatic rings. The summed E-state index contributed by atoms with van der Waals surface area (Å²) in [6.07, 6.45) is 1.52. The van der Waals surface area contributed by atoms with Crippen molar-refractivity contribution in [2.75, 3.05) is 22.5 Å². The fraction of sp³-hybridized carbons (Fsp3) is 0.350. The van der Waals surface area contributed by atoms with Crippen LogP contribution in [0.3, 0.4) is 0 Å². The maximum absolute atomic E-state index is 12.2. The van der Waals surface area contributed by atoms with Gasteiger partial charge in [0.05, 0.1) is 5.75 Å². The number of nitrogens with one attached hydrogen (secondary N) is 1. The van der Waals surface area contributed by atoms with Crippen molar-refractivity contribution >= 4 is 32.8 Å². The van der Waals surface area contributed by atoms with E-state index in [1.54, 1.807) is 6.92 Å². The minimum atomic E-state index is -3.40. The van der Waals surface area contributed by atoms with Gasteiger partial charge in [-0.2, -0.15) is 0 Å². The summed E-state index contributed by atoms with van der Waals surface area (Å²) < 4.78 is 24.1. The Bertz CT molecular complexity index is 892. The molecule has 3 rings (SSSR count). The number of hydrogen-bond donors (Lipinski definition) is 1. The van der Waals surface area contributed by atoms with Crippen LogP contribution >= 0.6 is 0 Å². The van der Waals surface area contributed by atoms with E-state index in [1.807, 2.05) is 30.3 Å². The third kappa shape index (κ3) is 3.75. The van der Waals surface area contributed by atoms with Crippen molar-refractivity contribution in [3.8, 4) is 0 Å². The fourth-order valence-electron chi connectivity index (χ4n) is 3.20. The molecule has 0 radical (unpaired) electrons. The van der Waals surface area contributed by atoms with Crippen molar-refractivity contribution in [1.82, 2.24) is 0 Å². The molecule has 1 aliphatic rings. The quantitative estimate of drug-likeness (QED) is 0.842. The predicted octanol–water partition coefficient (Wildman–Crippen LogP) is 3.53. The number of anilines is 3. The van der Waals surface area contributed by atoms with Crippen LogP contribution in [-0.4, -0.2) is 31.9 Å². The molecule has 1 amide bonds. The molecule has 1 unspecified atom stereocenters. The summed E-state index contributed by atoms with van der Waals surface area (Å²) in [5, 5.41) is 1.66. The number of fused-ring (bicyclic) bond motifs is 1. The summed E-state index contributed by atoms with van der Waals surface area (Å²) in [5.74, 6) is -0.466. The molecule has 0 bridgehead atoms. The van der Waals surface area contributed by atoms with Crippen LogP contribution in [0, 0.1) is 0 Å². The van der Waals surface area contributed by atoms with Crippen molar-refractivity contribution in [1.29, 1.82) is 0 Å². The minimum absolute atomic E-state index is 0.0227. The second-order valence-corrected chi connectivity index (χ2v) is 9.02. The van der Waals surface area contributed by atoms with Crippen LogP contribution in [0.15, 0.2) is 48.5 Å². The first-order chi connectivity index (χ1) is 12.4. The number of amides is 1. The molecule has 0 spiro atoms. The predicted molar refractivity (Wildman–Crippen MR) is 106 cm³/mol. The first kappa shape index (κ1) is 18.5. The summed E-state index contributed by atoms with van der Waals surface area (Å²) in [4.78, 5) is 14.5. The van der Waals surface area contributed by atoms with E-state index in [2.05, 4.69) is 28.4 Å². The van der Waals surface area contributed by atoms with E-state index in [4.69, 9.17) is 0 Å². The molecule has 0 fully saturated rings. The lowest BCUT2D eigenvalue weighted by Crippen LogP contribution is -2.34. The molecule has 5 nitrogen and oxygen atoms in total. The average molecular weight is 372 g/mol. The number of para-hydroxylation sites is 1. The summed E-state index contributed by atoms with van der Waals surface area (Å²) in [6, 6.07) is 15.9. The molecular formula is C20H24N2O3S. The van der Waals surface area contributed by atoms with Gasteiger partial charge in [0.15, 0.2) is 9.84 Å². The highest BCUT2D eigenvalue weighted by molar-refractivity contribution is 7.92. The second-order valence-electron chi connectivity index (χ2n) is 6.58. The Morgan fingerprint density at radius 2 is 1.85 bits per heavy atom. The van der Waals surface area contributed by atoms with Gasteiger partial charge < -0.3 is 10.2 Å². The van der Waals surface area contributed by atoms with Crippen molar-refractivity contribution in [3.63, 3.8) is 0 Å². The molecule has 26 heavy (non-hydrogen) atoms. The number of carbonyl (C=O) groups is 1. The lowest BCUT2D eigenvalue weighted by molar-refractivity contribution is -0.115. The molecule has 2 aromatic carbocycles. The van der Waals surface area contributed by atoms with Crippen molar-refractivity contribution in [2.24, 2.45) is 0 Å². The van der Waals surface area contributed by atoms with Crippen LogP contribution in [0.25, 0.3) is 0 Å². The van der Waals surface area contributed by atoms with Gasteiger partial charge in [0.25, 0.3) is 0 Å². The average Bonchev–Trinajstić information content (AvgIpc) is 3.06. The Hall–Kier alpha value is -2.34. The zero-order valence-corrected chi connectivity index (χ0v) is 15.9. The van der Waals surface area contributed by atoms with Crippen LogP contribution in [0.2, 0.25) is 0 Å². The molecule has 1 atom stereocenters. The lowest BCUT2D eigenvalue weighted by Gasteiger charge is -2.20. The summed E-state index contributed by atoms with van der Waals surface area (Å²) in [5.41, 5.74) is 4.20. The van der Waals surface area contributed by atoms with Gasteiger partial charge in [-0.3, -0.25) is 4.79 Å². The maximum atomic E-state index is 12.2.